The maximum absolute atomic E-state index is 12.8. The van der Waals surface area contributed by atoms with Crippen LogP contribution in [0.3, 0.4) is 0 Å². The number of amides is 1. The predicted molar refractivity (Wildman–Crippen MR) is 73.0 cm³/mol. The van der Waals surface area contributed by atoms with E-state index in [4.69, 9.17) is 4.52 Å². The summed E-state index contributed by atoms with van der Waals surface area (Å²) in [6, 6.07) is 1.69. The number of ketones is 1. The highest BCUT2D eigenvalue weighted by atomic mass is 16.5. The molecule has 0 aromatic carbocycles. The summed E-state index contributed by atoms with van der Waals surface area (Å²) < 4.78 is 4.97. The second-order valence-corrected chi connectivity index (χ2v) is 6.92. The van der Waals surface area contributed by atoms with Gasteiger partial charge < -0.3 is 9.84 Å². The number of aromatic nitrogens is 1. The summed E-state index contributed by atoms with van der Waals surface area (Å²) in [4.78, 5) is 25.1. The Morgan fingerprint density at radius 3 is 2.50 bits per heavy atom. The molecule has 0 saturated heterocycles. The van der Waals surface area contributed by atoms with Crippen molar-refractivity contribution in [1.29, 1.82) is 0 Å². The van der Waals surface area contributed by atoms with E-state index in [1.54, 1.807) is 13.0 Å². The predicted octanol–water partition coefficient (Wildman–Crippen LogP) is 2.71. The van der Waals surface area contributed by atoms with Crippen LogP contribution in [0.4, 0.5) is 5.82 Å². The molecule has 1 aromatic heterocycles. The highest BCUT2D eigenvalue weighted by molar-refractivity contribution is 6.04. The molecule has 20 heavy (non-hydrogen) atoms. The smallest absolute Gasteiger partial charge is 0.232 e. The fourth-order valence-electron chi connectivity index (χ4n) is 4.02. The van der Waals surface area contributed by atoms with Gasteiger partial charge in [-0.1, -0.05) is 25.9 Å². The molecule has 2 unspecified atom stereocenters. The lowest BCUT2D eigenvalue weighted by Crippen LogP contribution is -2.43. The normalized spacial score (nSPS) is 34.5. The zero-order chi connectivity index (χ0) is 14.8. The average Bonchev–Trinajstić information content (AvgIpc) is 2.89. The molecular formula is C15H20N2O3. The largest absolute Gasteiger partial charge is 0.360 e. The highest BCUT2D eigenvalue weighted by Crippen LogP contribution is 2.70. The van der Waals surface area contributed by atoms with Gasteiger partial charge in [-0.15, -0.1) is 0 Å². The number of rotatable bonds is 2. The van der Waals surface area contributed by atoms with Crippen molar-refractivity contribution in [3.8, 4) is 0 Å². The first-order valence-electron chi connectivity index (χ1n) is 7.01. The van der Waals surface area contributed by atoms with Crippen molar-refractivity contribution in [3.63, 3.8) is 0 Å². The van der Waals surface area contributed by atoms with Crippen LogP contribution in [0, 0.1) is 23.2 Å². The standard InChI is InChI=1S/C15H20N2O3/c1-9-7-11(17-20-9)16-12(19)15-6-5-14(4,10(18)8-15)13(15,2)3/h7H,5-6,8H2,1-4H3,(H,16,17,19). The summed E-state index contributed by atoms with van der Waals surface area (Å²) in [6.07, 6.45) is 1.87. The Morgan fingerprint density at radius 1 is 1.35 bits per heavy atom. The van der Waals surface area contributed by atoms with Crippen molar-refractivity contribution in [2.24, 2.45) is 16.2 Å². The summed E-state index contributed by atoms with van der Waals surface area (Å²) in [5.41, 5.74) is -1.34. The highest BCUT2D eigenvalue weighted by Gasteiger charge is 2.72. The number of aryl methyl sites for hydroxylation is 1. The Morgan fingerprint density at radius 2 is 2.05 bits per heavy atom. The van der Waals surface area contributed by atoms with Crippen LogP contribution >= 0.6 is 0 Å². The molecule has 0 aliphatic heterocycles. The summed E-state index contributed by atoms with van der Waals surface area (Å²) in [5.74, 6) is 1.17. The summed E-state index contributed by atoms with van der Waals surface area (Å²) in [6.45, 7) is 7.85. The molecule has 1 heterocycles. The Hall–Kier alpha value is -1.65. The van der Waals surface area contributed by atoms with Gasteiger partial charge in [-0.25, -0.2) is 0 Å². The summed E-state index contributed by atoms with van der Waals surface area (Å²) in [5, 5.41) is 6.62. The van der Waals surface area contributed by atoms with E-state index in [-0.39, 0.29) is 22.5 Å². The van der Waals surface area contributed by atoms with Crippen molar-refractivity contribution < 1.29 is 14.1 Å². The van der Waals surface area contributed by atoms with Gasteiger partial charge in [0.1, 0.15) is 11.5 Å². The van der Waals surface area contributed by atoms with Crippen LogP contribution in [0.1, 0.15) is 45.8 Å². The molecule has 3 rings (SSSR count). The molecule has 0 radical (unpaired) electrons. The minimum atomic E-state index is -0.619. The number of carbonyl (C=O) groups excluding carboxylic acids is 2. The summed E-state index contributed by atoms with van der Waals surface area (Å²) in [7, 11) is 0. The molecule has 5 nitrogen and oxygen atoms in total. The second kappa shape index (κ2) is 3.71. The molecule has 1 amide bonds. The van der Waals surface area contributed by atoms with Crippen LogP contribution in [-0.4, -0.2) is 16.8 Å². The lowest BCUT2D eigenvalue weighted by Gasteiger charge is -2.38. The molecule has 2 fully saturated rings. The number of nitrogens with one attached hydrogen (secondary N) is 1. The average molecular weight is 276 g/mol. The van der Waals surface area contributed by atoms with E-state index in [2.05, 4.69) is 10.5 Å². The zero-order valence-corrected chi connectivity index (χ0v) is 12.4. The fraction of sp³-hybridized carbons (Fsp3) is 0.667. The van der Waals surface area contributed by atoms with Gasteiger partial charge >= 0.3 is 0 Å². The minimum Gasteiger partial charge on any atom is -0.360 e. The molecule has 108 valence electrons. The van der Waals surface area contributed by atoms with E-state index >= 15 is 0 Å². The molecule has 2 bridgehead atoms. The summed E-state index contributed by atoms with van der Waals surface area (Å²) >= 11 is 0. The second-order valence-electron chi connectivity index (χ2n) is 6.92. The van der Waals surface area contributed by atoms with Crippen molar-refractivity contribution in [2.75, 3.05) is 5.32 Å². The molecule has 2 saturated carbocycles. The first-order chi connectivity index (χ1) is 9.23. The Labute approximate surface area is 118 Å². The first kappa shape index (κ1) is 13.3. The molecule has 0 spiro atoms. The van der Waals surface area contributed by atoms with Crippen molar-refractivity contribution in [2.45, 2.75) is 47.0 Å². The third-order valence-electron chi connectivity index (χ3n) is 6.01. The monoisotopic (exact) mass is 276 g/mol. The number of hydrogen-bond acceptors (Lipinski definition) is 4. The number of nitrogens with zero attached hydrogens (tertiary/aromatic N) is 1. The van der Waals surface area contributed by atoms with Crippen molar-refractivity contribution in [3.05, 3.63) is 11.8 Å². The van der Waals surface area contributed by atoms with Gasteiger partial charge in [0, 0.05) is 17.9 Å². The third kappa shape index (κ3) is 1.35. The maximum Gasteiger partial charge on any atom is 0.232 e. The maximum atomic E-state index is 12.8. The minimum absolute atomic E-state index is 0.106. The number of Topliss-reactive ketones (excluding diaryl/α,β-unsaturated/α-hetero) is 1. The quantitative estimate of drug-likeness (QED) is 0.901. The van der Waals surface area contributed by atoms with Crippen LogP contribution in [0.2, 0.25) is 0 Å². The Kier molecular flexibility index (Phi) is 2.48. The fourth-order valence-corrected chi connectivity index (χ4v) is 4.02. The van der Waals surface area contributed by atoms with Gasteiger partial charge in [0.15, 0.2) is 5.82 Å². The molecule has 2 atom stereocenters. The SMILES string of the molecule is Cc1cc(NC(=O)C23CCC(C)(C(=O)C2)C3(C)C)no1. The van der Waals surface area contributed by atoms with E-state index in [9.17, 15) is 9.59 Å². The number of anilines is 1. The van der Waals surface area contributed by atoms with Gasteiger partial charge in [-0.3, -0.25) is 9.59 Å². The van der Waals surface area contributed by atoms with Gasteiger partial charge in [-0.05, 0) is 25.2 Å². The lowest BCUT2D eigenvalue weighted by molar-refractivity contribution is -0.131. The van der Waals surface area contributed by atoms with E-state index in [0.717, 1.165) is 12.8 Å². The molecule has 2 aliphatic rings. The van der Waals surface area contributed by atoms with Gasteiger partial charge in [0.2, 0.25) is 5.91 Å². The first-order valence-corrected chi connectivity index (χ1v) is 7.01. The van der Waals surface area contributed by atoms with Crippen molar-refractivity contribution in [1.82, 2.24) is 5.16 Å². The molecule has 1 aromatic rings. The molecule has 5 heteroatoms. The number of hydrogen-bond donors (Lipinski definition) is 1. The molecular weight excluding hydrogens is 256 g/mol. The Bertz CT molecular complexity index is 604. The lowest BCUT2D eigenvalue weighted by atomic mass is 9.64. The molecule has 1 N–H and O–H groups in total. The van der Waals surface area contributed by atoms with E-state index in [1.807, 2.05) is 20.8 Å². The van der Waals surface area contributed by atoms with Crippen LogP contribution in [0.15, 0.2) is 10.6 Å². The number of carbonyl (C=O) groups is 2. The van der Waals surface area contributed by atoms with Crippen LogP contribution in [-0.2, 0) is 9.59 Å². The van der Waals surface area contributed by atoms with Gasteiger partial charge in [0.25, 0.3) is 0 Å². The van der Waals surface area contributed by atoms with E-state index < -0.39 is 5.41 Å². The van der Waals surface area contributed by atoms with E-state index in [1.165, 1.54) is 0 Å². The van der Waals surface area contributed by atoms with Crippen LogP contribution < -0.4 is 5.32 Å². The Balaban J connectivity index is 1.93. The van der Waals surface area contributed by atoms with Crippen LogP contribution in [0.25, 0.3) is 0 Å². The van der Waals surface area contributed by atoms with Gasteiger partial charge in [-0.2, -0.15) is 0 Å². The third-order valence-corrected chi connectivity index (χ3v) is 6.01. The van der Waals surface area contributed by atoms with Gasteiger partial charge in [0.05, 0.1) is 5.41 Å². The zero-order valence-electron chi connectivity index (χ0n) is 12.4. The topological polar surface area (TPSA) is 72.2 Å². The number of fused-ring (bicyclic) bond motifs is 2. The van der Waals surface area contributed by atoms with Crippen LogP contribution in [0.5, 0.6) is 0 Å². The molecule has 2 aliphatic carbocycles. The van der Waals surface area contributed by atoms with Crippen molar-refractivity contribution >= 4 is 17.5 Å². The van der Waals surface area contributed by atoms with E-state index in [0.29, 0.717) is 18.0 Å².